The number of nitrogens with zero attached hydrogens (tertiary/aromatic N) is 1. The molecule has 0 aromatic heterocycles. The van der Waals surface area contributed by atoms with Crippen LogP contribution < -0.4 is 0 Å². The maximum atomic E-state index is 12.4. The van der Waals surface area contributed by atoms with Crippen molar-refractivity contribution in [2.45, 2.75) is 39.2 Å². The van der Waals surface area contributed by atoms with Crippen LogP contribution in [0.25, 0.3) is 0 Å². The van der Waals surface area contributed by atoms with E-state index in [0.29, 0.717) is 6.54 Å². The van der Waals surface area contributed by atoms with Crippen LogP contribution in [0.4, 0.5) is 0 Å². The minimum absolute atomic E-state index is 0.0347. The predicted molar refractivity (Wildman–Crippen MR) is 71.7 cm³/mol. The molecule has 1 saturated heterocycles. The normalized spacial score (nSPS) is 24.1. The Labute approximate surface area is 108 Å². The molecule has 1 aromatic carbocycles. The number of aliphatic hydroxyl groups is 1. The summed E-state index contributed by atoms with van der Waals surface area (Å²) >= 11 is 0. The molecule has 1 aliphatic heterocycles. The fraction of sp³-hybridized carbons (Fsp3) is 0.533. The first-order chi connectivity index (χ1) is 8.39. The second-order valence-corrected chi connectivity index (χ2v) is 5.65. The molecule has 1 N–H and O–H groups in total. The number of carbonyl (C=O) groups is 1. The lowest BCUT2D eigenvalue weighted by molar-refractivity contribution is -0.0107. The third-order valence-electron chi connectivity index (χ3n) is 3.57. The summed E-state index contributed by atoms with van der Waals surface area (Å²) in [5.41, 5.74) is 2.17. The van der Waals surface area contributed by atoms with Gasteiger partial charge in [-0.15, -0.1) is 0 Å². The van der Waals surface area contributed by atoms with Crippen molar-refractivity contribution in [3.05, 3.63) is 34.9 Å². The van der Waals surface area contributed by atoms with Gasteiger partial charge >= 0.3 is 0 Å². The van der Waals surface area contributed by atoms with Gasteiger partial charge in [-0.25, -0.2) is 0 Å². The van der Waals surface area contributed by atoms with Crippen molar-refractivity contribution in [1.82, 2.24) is 4.90 Å². The van der Waals surface area contributed by atoms with Gasteiger partial charge in [0.2, 0.25) is 0 Å². The quantitative estimate of drug-likeness (QED) is 0.827. The third kappa shape index (κ3) is 2.72. The lowest BCUT2D eigenvalue weighted by atomic mass is 9.94. The van der Waals surface area contributed by atoms with Crippen LogP contribution >= 0.6 is 0 Å². The van der Waals surface area contributed by atoms with Crippen LogP contribution in [-0.4, -0.2) is 34.6 Å². The van der Waals surface area contributed by atoms with Gasteiger partial charge in [-0.3, -0.25) is 4.79 Å². The van der Waals surface area contributed by atoms with Crippen molar-refractivity contribution in [3.8, 4) is 0 Å². The number of carbonyl (C=O) groups excluding carboxylic acids is 1. The lowest BCUT2D eigenvalue weighted by Gasteiger charge is -2.37. The smallest absolute Gasteiger partial charge is 0.254 e. The number of benzene rings is 1. The van der Waals surface area contributed by atoms with E-state index in [4.69, 9.17) is 0 Å². The van der Waals surface area contributed by atoms with Gasteiger partial charge in [0.15, 0.2) is 0 Å². The highest BCUT2D eigenvalue weighted by Gasteiger charge is 2.31. The van der Waals surface area contributed by atoms with Crippen LogP contribution in [0.5, 0.6) is 0 Å². The van der Waals surface area contributed by atoms with Crippen LogP contribution in [0.1, 0.15) is 41.3 Å². The van der Waals surface area contributed by atoms with Gasteiger partial charge in [0.05, 0.1) is 5.60 Å². The summed E-state index contributed by atoms with van der Waals surface area (Å²) in [6.07, 6.45) is 1.63. The molecule has 0 radical (unpaired) electrons. The zero-order valence-electron chi connectivity index (χ0n) is 11.4. The summed E-state index contributed by atoms with van der Waals surface area (Å²) in [5.74, 6) is 0.0347. The second kappa shape index (κ2) is 4.73. The number of hydrogen-bond donors (Lipinski definition) is 1. The highest BCUT2D eigenvalue weighted by molar-refractivity contribution is 5.95. The Balaban J connectivity index is 2.20. The lowest BCUT2D eigenvalue weighted by Crippen LogP contribution is -2.48. The Kier molecular flexibility index (Phi) is 3.44. The number of β-amino-alcohol motifs (C(OH)–C–C–N with tert-alkyl or cyclic N) is 1. The number of hydrogen-bond acceptors (Lipinski definition) is 2. The molecule has 1 atom stereocenters. The first-order valence-corrected chi connectivity index (χ1v) is 6.48. The summed E-state index contributed by atoms with van der Waals surface area (Å²) in [7, 11) is 0. The van der Waals surface area contributed by atoms with Crippen molar-refractivity contribution in [2.75, 3.05) is 13.1 Å². The maximum absolute atomic E-state index is 12.4. The van der Waals surface area contributed by atoms with Crippen LogP contribution in [0.3, 0.4) is 0 Å². The molecule has 0 aliphatic carbocycles. The molecule has 0 bridgehead atoms. The molecule has 1 heterocycles. The van der Waals surface area contributed by atoms with Gasteiger partial charge in [-0.1, -0.05) is 17.7 Å². The second-order valence-electron chi connectivity index (χ2n) is 5.65. The van der Waals surface area contributed by atoms with Gasteiger partial charge in [-0.2, -0.15) is 0 Å². The number of likely N-dealkylation sites (tertiary alicyclic amines) is 1. The average Bonchev–Trinajstić information content (AvgIpc) is 2.27. The van der Waals surface area contributed by atoms with Gasteiger partial charge < -0.3 is 10.0 Å². The molecular weight excluding hydrogens is 226 g/mol. The predicted octanol–water partition coefficient (Wildman–Crippen LogP) is 2.29. The van der Waals surface area contributed by atoms with E-state index >= 15 is 0 Å². The highest BCUT2D eigenvalue weighted by Crippen LogP contribution is 2.23. The Morgan fingerprint density at radius 1 is 1.39 bits per heavy atom. The number of rotatable bonds is 1. The summed E-state index contributed by atoms with van der Waals surface area (Å²) in [4.78, 5) is 14.2. The molecule has 18 heavy (non-hydrogen) atoms. The highest BCUT2D eigenvalue weighted by atomic mass is 16.3. The monoisotopic (exact) mass is 247 g/mol. The van der Waals surface area contributed by atoms with E-state index in [1.54, 1.807) is 11.8 Å². The molecule has 98 valence electrons. The fourth-order valence-electron chi connectivity index (χ4n) is 2.62. The van der Waals surface area contributed by atoms with Crippen molar-refractivity contribution >= 4 is 5.91 Å². The van der Waals surface area contributed by atoms with Crippen molar-refractivity contribution in [3.63, 3.8) is 0 Å². The Hall–Kier alpha value is -1.35. The number of amides is 1. The third-order valence-corrected chi connectivity index (χ3v) is 3.57. The van der Waals surface area contributed by atoms with Crippen molar-refractivity contribution in [2.24, 2.45) is 0 Å². The molecule has 2 rings (SSSR count). The van der Waals surface area contributed by atoms with Crippen molar-refractivity contribution in [1.29, 1.82) is 0 Å². The first kappa shape index (κ1) is 13.1. The summed E-state index contributed by atoms with van der Waals surface area (Å²) < 4.78 is 0. The molecule has 1 amide bonds. The Morgan fingerprint density at radius 2 is 2.11 bits per heavy atom. The SMILES string of the molecule is Cc1ccc(C(=O)N2CCCC(C)(O)C2)c(C)c1. The molecule has 1 aliphatic rings. The van der Waals surface area contributed by atoms with E-state index in [2.05, 4.69) is 0 Å². The zero-order valence-corrected chi connectivity index (χ0v) is 11.4. The first-order valence-electron chi connectivity index (χ1n) is 6.48. The van der Waals surface area contributed by atoms with Crippen LogP contribution in [0, 0.1) is 13.8 Å². The van der Waals surface area contributed by atoms with Gasteiger partial charge in [0.25, 0.3) is 5.91 Å². The van der Waals surface area contributed by atoms with Gasteiger partial charge in [0.1, 0.15) is 0 Å². The van der Waals surface area contributed by atoms with Crippen LogP contribution in [0.15, 0.2) is 18.2 Å². The Bertz CT molecular complexity index is 466. The molecular formula is C15H21NO2. The summed E-state index contributed by atoms with van der Waals surface area (Å²) in [5, 5.41) is 10.1. The maximum Gasteiger partial charge on any atom is 0.254 e. The van der Waals surface area contributed by atoms with Crippen LogP contribution in [-0.2, 0) is 0 Å². The molecule has 0 saturated carbocycles. The molecule has 1 fully saturated rings. The molecule has 1 unspecified atom stereocenters. The minimum atomic E-state index is -0.744. The molecule has 1 aromatic rings. The summed E-state index contributed by atoms with van der Waals surface area (Å²) in [6.45, 7) is 6.95. The van der Waals surface area contributed by atoms with E-state index in [0.717, 1.165) is 36.1 Å². The molecule has 3 heteroatoms. The van der Waals surface area contributed by atoms with E-state index < -0.39 is 5.60 Å². The molecule has 0 spiro atoms. The largest absolute Gasteiger partial charge is 0.388 e. The van der Waals surface area contributed by atoms with E-state index in [1.807, 2.05) is 32.0 Å². The standard InChI is InChI=1S/C15H21NO2/c1-11-5-6-13(12(2)9-11)14(17)16-8-4-7-15(3,18)10-16/h5-6,9,18H,4,7-8,10H2,1-3H3. The average molecular weight is 247 g/mol. The van der Waals surface area contributed by atoms with Gasteiger partial charge in [-0.05, 0) is 45.2 Å². The minimum Gasteiger partial charge on any atom is -0.388 e. The number of piperidine rings is 1. The van der Waals surface area contributed by atoms with Crippen molar-refractivity contribution < 1.29 is 9.90 Å². The Morgan fingerprint density at radius 3 is 2.72 bits per heavy atom. The van der Waals surface area contributed by atoms with Crippen LogP contribution in [0.2, 0.25) is 0 Å². The summed E-state index contributed by atoms with van der Waals surface area (Å²) in [6, 6.07) is 5.87. The zero-order chi connectivity index (χ0) is 13.3. The number of aryl methyl sites for hydroxylation is 2. The van der Waals surface area contributed by atoms with E-state index in [9.17, 15) is 9.90 Å². The van der Waals surface area contributed by atoms with E-state index in [-0.39, 0.29) is 5.91 Å². The molecule has 3 nitrogen and oxygen atoms in total. The fourth-order valence-corrected chi connectivity index (χ4v) is 2.62. The topological polar surface area (TPSA) is 40.5 Å². The van der Waals surface area contributed by atoms with Gasteiger partial charge in [0, 0.05) is 18.7 Å². The van der Waals surface area contributed by atoms with E-state index in [1.165, 1.54) is 0 Å².